The number of rotatable bonds is 6. The molecule has 0 aliphatic carbocycles. The second kappa shape index (κ2) is 8.77. The molecular formula is C23H27N4O4+. The van der Waals surface area contributed by atoms with Gasteiger partial charge in [0, 0.05) is 0 Å². The minimum atomic E-state index is -0.794. The summed E-state index contributed by atoms with van der Waals surface area (Å²) in [5, 5.41) is 0. The van der Waals surface area contributed by atoms with Gasteiger partial charge in [-0.2, -0.15) is 0 Å². The summed E-state index contributed by atoms with van der Waals surface area (Å²) in [6.07, 6.45) is 0. The molecule has 0 unspecified atom stereocenters. The predicted molar refractivity (Wildman–Crippen MR) is 116 cm³/mol. The molecular weight excluding hydrogens is 396 g/mol. The zero-order valence-electron chi connectivity index (χ0n) is 17.8. The lowest BCUT2D eigenvalue weighted by molar-refractivity contribution is -0.907. The molecule has 8 nitrogen and oxygen atoms in total. The van der Waals surface area contributed by atoms with E-state index in [1.165, 1.54) is 0 Å². The van der Waals surface area contributed by atoms with Gasteiger partial charge in [0.05, 0.1) is 44.2 Å². The van der Waals surface area contributed by atoms with E-state index in [2.05, 4.69) is 4.90 Å². The number of carbonyl (C=O) groups is 3. The molecule has 0 spiro atoms. The number of urea groups is 1. The van der Waals surface area contributed by atoms with Gasteiger partial charge in [0.2, 0.25) is 0 Å². The number of nitrogens with zero attached hydrogens (tertiary/aromatic N) is 3. The number of piperazine rings is 1. The standard InChI is InChI=1S/C23H26N4O4/c1-3-31-20-7-5-4-6-19(20)25-14-12-24(13-15-25)16-26-21(28)22(29)27(23(26)30)18-10-8-17(2)9-11-18/h4-11H,3,12-16H2,1-2H3/p+1. The number of amides is 4. The Kier molecular flexibility index (Phi) is 5.90. The van der Waals surface area contributed by atoms with Gasteiger partial charge in [0.1, 0.15) is 5.75 Å². The maximum atomic E-state index is 12.9. The van der Waals surface area contributed by atoms with Crippen molar-refractivity contribution in [3.05, 3.63) is 54.1 Å². The second-order valence-electron chi connectivity index (χ2n) is 7.79. The lowest BCUT2D eigenvalue weighted by Gasteiger charge is -2.35. The quantitative estimate of drug-likeness (QED) is 0.555. The lowest BCUT2D eigenvalue weighted by atomic mass is 10.2. The molecule has 31 heavy (non-hydrogen) atoms. The van der Waals surface area contributed by atoms with Gasteiger partial charge < -0.3 is 14.5 Å². The van der Waals surface area contributed by atoms with Crippen molar-refractivity contribution in [1.82, 2.24) is 4.90 Å². The Balaban J connectivity index is 1.40. The Morgan fingerprint density at radius 3 is 2.29 bits per heavy atom. The number of anilines is 2. The van der Waals surface area contributed by atoms with E-state index in [4.69, 9.17) is 4.74 Å². The van der Waals surface area contributed by atoms with Crippen LogP contribution in [0.15, 0.2) is 48.5 Å². The molecule has 1 N–H and O–H groups in total. The molecule has 2 fully saturated rings. The number of para-hydroxylation sites is 2. The van der Waals surface area contributed by atoms with Gasteiger partial charge in [0.15, 0.2) is 6.67 Å². The van der Waals surface area contributed by atoms with Gasteiger partial charge in [-0.25, -0.2) is 14.6 Å². The summed E-state index contributed by atoms with van der Waals surface area (Å²) < 4.78 is 5.74. The monoisotopic (exact) mass is 423 g/mol. The van der Waals surface area contributed by atoms with Crippen LogP contribution in [0.2, 0.25) is 0 Å². The molecule has 0 atom stereocenters. The second-order valence-corrected chi connectivity index (χ2v) is 7.79. The van der Waals surface area contributed by atoms with Gasteiger partial charge >= 0.3 is 17.8 Å². The fraction of sp³-hybridized carbons (Fsp3) is 0.348. The minimum Gasteiger partial charge on any atom is -0.492 e. The zero-order chi connectivity index (χ0) is 22.0. The highest BCUT2D eigenvalue weighted by molar-refractivity contribution is 6.52. The van der Waals surface area contributed by atoms with Crippen LogP contribution >= 0.6 is 0 Å². The van der Waals surface area contributed by atoms with Crippen LogP contribution in [0.1, 0.15) is 12.5 Å². The van der Waals surface area contributed by atoms with Gasteiger partial charge in [0.25, 0.3) is 0 Å². The third kappa shape index (κ3) is 4.11. The van der Waals surface area contributed by atoms with E-state index in [9.17, 15) is 14.4 Å². The van der Waals surface area contributed by atoms with Gasteiger partial charge in [-0.15, -0.1) is 0 Å². The van der Waals surface area contributed by atoms with Crippen LogP contribution in [0, 0.1) is 6.92 Å². The van der Waals surface area contributed by atoms with Crippen molar-refractivity contribution in [1.29, 1.82) is 0 Å². The number of quaternary nitrogens is 1. The summed E-state index contributed by atoms with van der Waals surface area (Å²) in [6.45, 7) is 7.71. The maximum absolute atomic E-state index is 12.9. The van der Waals surface area contributed by atoms with Crippen molar-refractivity contribution >= 4 is 29.2 Å². The Hall–Kier alpha value is -3.39. The van der Waals surface area contributed by atoms with Crippen molar-refractivity contribution in [3.8, 4) is 5.75 Å². The summed E-state index contributed by atoms with van der Waals surface area (Å²) in [5.74, 6) is -0.697. The molecule has 4 amide bonds. The van der Waals surface area contributed by atoms with E-state index in [-0.39, 0.29) is 6.67 Å². The third-order valence-electron chi connectivity index (χ3n) is 5.70. The summed E-state index contributed by atoms with van der Waals surface area (Å²) in [4.78, 5) is 43.2. The smallest absolute Gasteiger partial charge is 0.343 e. The van der Waals surface area contributed by atoms with E-state index in [1.807, 2.05) is 50.2 Å². The van der Waals surface area contributed by atoms with Crippen LogP contribution in [0.3, 0.4) is 0 Å². The normalized spacial score (nSPS) is 17.6. The molecule has 2 aromatic rings. The number of hydrogen-bond donors (Lipinski definition) is 1. The molecule has 2 aliphatic rings. The first-order chi connectivity index (χ1) is 15.0. The highest BCUT2D eigenvalue weighted by Crippen LogP contribution is 2.28. The van der Waals surface area contributed by atoms with Crippen LogP contribution in [0.5, 0.6) is 5.75 Å². The molecule has 0 saturated carbocycles. The van der Waals surface area contributed by atoms with E-state index < -0.39 is 17.8 Å². The van der Waals surface area contributed by atoms with E-state index >= 15 is 0 Å². The number of ether oxygens (including phenoxy) is 1. The summed E-state index contributed by atoms with van der Waals surface area (Å²) in [5.41, 5.74) is 2.49. The van der Waals surface area contributed by atoms with Crippen LogP contribution in [0.25, 0.3) is 0 Å². The highest BCUT2D eigenvalue weighted by Gasteiger charge is 2.47. The SMILES string of the molecule is CCOc1ccccc1N1CC[NH+](CN2C(=O)C(=O)N(c3ccc(C)cc3)C2=O)CC1. The number of aryl methyl sites for hydroxylation is 1. The molecule has 0 bridgehead atoms. The Bertz CT molecular complexity index is 983. The number of hydrogen-bond acceptors (Lipinski definition) is 5. The Labute approximate surface area is 181 Å². The summed E-state index contributed by atoms with van der Waals surface area (Å²) >= 11 is 0. The number of imide groups is 2. The van der Waals surface area contributed by atoms with Crippen molar-refractivity contribution in [3.63, 3.8) is 0 Å². The molecule has 4 rings (SSSR count). The molecule has 0 aromatic heterocycles. The maximum Gasteiger partial charge on any atom is 0.343 e. The van der Waals surface area contributed by atoms with E-state index in [0.29, 0.717) is 12.3 Å². The topological polar surface area (TPSA) is 74.6 Å². The molecule has 2 aromatic carbocycles. The predicted octanol–water partition coefficient (Wildman–Crippen LogP) is 1.05. The highest BCUT2D eigenvalue weighted by atomic mass is 16.5. The van der Waals surface area contributed by atoms with Gasteiger partial charge in [-0.1, -0.05) is 29.8 Å². The van der Waals surface area contributed by atoms with Crippen LogP contribution in [0.4, 0.5) is 16.2 Å². The third-order valence-corrected chi connectivity index (χ3v) is 5.70. The lowest BCUT2D eigenvalue weighted by Crippen LogP contribution is -3.16. The molecule has 0 radical (unpaired) electrons. The molecule has 8 heteroatoms. The number of benzene rings is 2. The fourth-order valence-electron chi connectivity index (χ4n) is 4.01. The fourth-order valence-corrected chi connectivity index (χ4v) is 4.01. The largest absolute Gasteiger partial charge is 0.492 e. The number of carbonyl (C=O) groups excluding carboxylic acids is 3. The average Bonchev–Trinajstić information content (AvgIpc) is 2.99. The number of nitrogens with one attached hydrogen (secondary N) is 1. The van der Waals surface area contributed by atoms with Gasteiger partial charge in [-0.3, -0.25) is 9.59 Å². The van der Waals surface area contributed by atoms with Crippen molar-refractivity contribution in [2.75, 3.05) is 49.3 Å². The molecule has 162 valence electrons. The zero-order valence-corrected chi connectivity index (χ0v) is 17.8. The van der Waals surface area contributed by atoms with Gasteiger partial charge in [-0.05, 0) is 38.1 Å². The van der Waals surface area contributed by atoms with Crippen molar-refractivity contribution in [2.45, 2.75) is 13.8 Å². The van der Waals surface area contributed by atoms with E-state index in [0.717, 1.165) is 57.9 Å². The summed E-state index contributed by atoms with van der Waals surface area (Å²) in [7, 11) is 0. The Morgan fingerprint density at radius 2 is 1.61 bits per heavy atom. The van der Waals surface area contributed by atoms with Crippen molar-refractivity contribution in [2.24, 2.45) is 0 Å². The first kappa shape index (κ1) is 20.9. The average molecular weight is 423 g/mol. The van der Waals surface area contributed by atoms with E-state index in [1.54, 1.807) is 12.1 Å². The first-order valence-electron chi connectivity index (χ1n) is 10.6. The molecule has 2 aliphatic heterocycles. The molecule has 2 heterocycles. The first-order valence-corrected chi connectivity index (χ1v) is 10.6. The molecule has 2 saturated heterocycles. The van der Waals surface area contributed by atoms with Crippen LogP contribution in [-0.2, 0) is 9.59 Å². The Morgan fingerprint density at radius 1 is 0.935 bits per heavy atom. The van der Waals surface area contributed by atoms with Crippen LogP contribution in [-0.4, -0.2) is 62.2 Å². The minimum absolute atomic E-state index is 0.187. The van der Waals surface area contributed by atoms with Crippen molar-refractivity contribution < 1.29 is 24.0 Å². The van der Waals surface area contributed by atoms with Crippen LogP contribution < -0.4 is 19.4 Å². The summed E-state index contributed by atoms with van der Waals surface area (Å²) in [6, 6.07) is 14.4.